The van der Waals surface area contributed by atoms with E-state index in [1.165, 1.54) is 145 Å². The van der Waals surface area contributed by atoms with Gasteiger partial charge in [-0.3, -0.25) is 0 Å². The van der Waals surface area contributed by atoms with Crippen LogP contribution in [0.15, 0.2) is 206 Å². The molecule has 3 aliphatic carbocycles. The van der Waals surface area contributed by atoms with Crippen LogP contribution in [0.4, 0.5) is 34.1 Å². The molecule has 0 atom stereocenters. The van der Waals surface area contributed by atoms with Crippen LogP contribution in [-0.2, 0) is 27.1 Å². The molecule has 0 spiro atoms. The number of anilines is 6. The van der Waals surface area contributed by atoms with Gasteiger partial charge in [-0.15, -0.1) is 0 Å². The molecule has 0 N–H and O–H groups in total. The van der Waals surface area contributed by atoms with E-state index in [1.807, 2.05) is 0 Å². The Morgan fingerprint density at radius 3 is 0.703 bits per heavy atom. The van der Waals surface area contributed by atoms with Crippen LogP contribution in [-0.4, -0.2) is 16.1 Å². The van der Waals surface area contributed by atoms with Crippen LogP contribution in [0.2, 0.25) is 39.3 Å². The minimum Gasteiger partial charge on any atom is -0.310 e. The number of rotatable bonds is 12. The normalized spacial score (nSPS) is 15.1. The summed E-state index contributed by atoms with van der Waals surface area (Å²) < 4.78 is 0. The summed E-state index contributed by atoms with van der Waals surface area (Å²) in [6.45, 7) is 42.7. The molecule has 0 bridgehead atoms. The lowest BCUT2D eigenvalue weighted by Gasteiger charge is -2.29. The van der Waals surface area contributed by atoms with Crippen molar-refractivity contribution in [2.45, 2.75) is 149 Å². The average Bonchev–Trinajstić information content (AvgIpc) is 1.61. The topological polar surface area (TPSA) is 6.48 Å². The number of benzene rings is 10. The van der Waals surface area contributed by atoms with Gasteiger partial charge in [0.15, 0.2) is 0 Å². The summed E-state index contributed by atoms with van der Waals surface area (Å²) in [6.07, 6.45) is 9.24. The van der Waals surface area contributed by atoms with Crippen LogP contribution in [0.3, 0.4) is 0 Å². The molecule has 0 aliphatic heterocycles. The van der Waals surface area contributed by atoms with Gasteiger partial charge in [0.05, 0.1) is 16.1 Å². The molecular weight excluding hydrogens is 1130 g/mol. The SMILES string of the molecule is CC(C)(C)c1ccc(N(c2ccc([Si](C)(C)C)cc2)c2ccc3c(c2)C(C)(C)c2cc(/C=C/c4ccc5c(c4)C(C)(C)c4cc(/C=C/c6ccc7c(c6)C(C)(C)c6cc(N(c8ccc(C(C)(C)C)cc8)c8ccc([Si](C)(C)C)cc8)ccc6-7)ccc4-5)ccc2-3)cc1. The predicted octanol–water partition coefficient (Wildman–Crippen LogP) is 23.6. The van der Waals surface area contributed by atoms with Crippen LogP contribution in [0.1, 0.15) is 150 Å². The second kappa shape index (κ2) is 22.0. The summed E-state index contributed by atoms with van der Waals surface area (Å²) in [4.78, 5) is 4.89. The first-order valence-corrected chi connectivity index (χ1v) is 40.1. The number of nitrogens with zero attached hydrogens (tertiary/aromatic N) is 2. The zero-order chi connectivity index (χ0) is 64.5. The molecular formula is C87H92N2Si2. The Morgan fingerprint density at radius 1 is 0.264 bits per heavy atom. The van der Waals surface area contributed by atoms with Crippen LogP contribution < -0.4 is 20.2 Å². The van der Waals surface area contributed by atoms with Gasteiger partial charge >= 0.3 is 0 Å². The highest BCUT2D eigenvalue weighted by Crippen LogP contribution is 2.54. The van der Waals surface area contributed by atoms with Gasteiger partial charge in [-0.2, -0.15) is 0 Å². The fraction of sp³-hybridized carbons (Fsp3) is 0.264. The first kappa shape index (κ1) is 61.6. The zero-order valence-corrected chi connectivity index (χ0v) is 59.3. The molecule has 10 aromatic rings. The number of fused-ring (bicyclic) bond motifs is 9. The third kappa shape index (κ3) is 11.2. The summed E-state index contributed by atoms with van der Waals surface area (Å²) in [6, 6.07) is 79.8. The Bertz CT molecular complexity index is 4130. The van der Waals surface area contributed by atoms with Gasteiger partial charge in [0, 0.05) is 50.4 Å². The quantitative estimate of drug-likeness (QED) is 0.0889. The molecule has 458 valence electrons. The summed E-state index contributed by atoms with van der Waals surface area (Å²) >= 11 is 0. The van der Waals surface area contributed by atoms with E-state index in [4.69, 9.17) is 0 Å². The van der Waals surface area contributed by atoms with Gasteiger partial charge in [0.25, 0.3) is 0 Å². The molecule has 0 amide bonds. The molecule has 13 rings (SSSR count). The van der Waals surface area contributed by atoms with E-state index < -0.39 is 16.1 Å². The Balaban J connectivity index is 0.727. The van der Waals surface area contributed by atoms with E-state index in [9.17, 15) is 0 Å². The molecule has 10 aromatic carbocycles. The third-order valence-corrected chi connectivity index (χ3v) is 24.6. The van der Waals surface area contributed by atoms with E-state index >= 15 is 0 Å². The van der Waals surface area contributed by atoms with Crippen LogP contribution in [0.25, 0.3) is 57.7 Å². The van der Waals surface area contributed by atoms with Crippen molar-refractivity contribution in [3.8, 4) is 33.4 Å². The van der Waals surface area contributed by atoms with Gasteiger partial charge in [-0.05, 0) is 184 Å². The average molecular weight is 1220 g/mol. The summed E-state index contributed by atoms with van der Waals surface area (Å²) in [5.41, 5.74) is 30.4. The Labute approximate surface area is 547 Å². The van der Waals surface area contributed by atoms with Crippen molar-refractivity contribution in [3.63, 3.8) is 0 Å². The monoisotopic (exact) mass is 1220 g/mol. The molecule has 3 aliphatic rings. The molecule has 2 nitrogen and oxygen atoms in total. The highest BCUT2D eigenvalue weighted by molar-refractivity contribution is 6.89. The lowest BCUT2D eigenvalue weighted by atomic mass is 9.81. The maximum Gasteiger partial charge on any atom is 0.0775 e. The third-order valence-electron chi connectivity index (χ3n) is 20.5. The first-order chi connectivity index (χ1) is 42.8. The van der Waals surface area contributed by atoms with E-state index in [2.05, 4.69) is 363 Å². The van der Waals surface area contributed by atoms with E-state index in [-0.39, 0.29) is 27.1 Å². The Hall–Kier alpha value is -8.29. The fourth-order valence-electron chi connectivity index (χ4n) is 14.7. The predicted molar refractivity (Wildman–Crippen MR) is 403 cm³/mol. The van der Waals surface area contributed by atoms with E-state index in [0.29, 0.717) is 0 Å². The lowest BCUT2D eigenvalue weighted by Crippen LogP contribution is -2.37. The van der Waals surface area contributed by atoms with E-state index in [0.717, 1.165) is 0 Å². The van der Waals surface area contributed by atoms with Crippen LogP contribution in [0.5, 0.6) is 0 Å². The molecule has 91 heavy (non-hydrogen) atoms. The summed E-state index contributed by atoms with van der Waals surface area (Å²) in [5.74, 6) is 0. The van der Waals surface area contributed by atoms with Crippen molar-refractivity contribution in [2.75, 3.05) is 9.80 Å². The first-order valence-electron chi connectivity index (χ1n) is 33.1. The van der Waals surface area contributed by atoms with Gasteiger partial charge in [-0.1, -0.05) is 291 Å². The smallest absolute Gasteiger partial charge is 0.0775 e. The summed E-state index contributed by atoms with van der Waals surface area (Å²) in [7, 11) is -2.94. The van der Waals surface area contributed by atoms with Crippen molar-refractivity contribution in [2.24, 2.45) is 0 Å². The Kier molecular flexibility index (Phi) is 14.9. The van der Waals surface area contributed by atoms with Crippen molar-refractivity contribution in [1.82, 2.24) is 0 Å². The van der Waals surface area contributed by atoms with Crippen molar-refractivity contribution < 1.29 is 0 Å². The largest absolute Gasteiger partial charge is 0.310 e. The second-order valence-electron chi connectivity index (χ2n) is 32.1. The van der Waals surface area contributed by atoms with Gasteiger partial charge < -0.3 is 9.80 Å². The van der Waals surface area contributed by atoms with E-state index in [1.54, 1.807) is 0 Å². The highest BCUT2D eigenvalue weighted by atomic mass is 28.3. The maximum atomic E-state index is 2.46. The number of hydrogen-bond acceptors (Lipinski definition) is 2. The zero-order valence-electron chi connectivity index (χ0n) is 57.3. The molecule has 4 heteroatoms. The highest BCUT2D eigenvalue weighted by Gasteiger charge is 2.39. The van der Waals surface area contributed by atoms with Crippen LogP contribution in [0, 0.1) is 0 Å². The molecule has 0 unspecified atom stereocenters. The lowest BCUT2D eigenvalue weighted by molar-refractivity contribution is 0.590. The van der Waals surface area contributed by atoms with Gasteiger partial charge in [-0.25, -0.2) is 0 Å². The summed E-state index contributed by atoms with van der Waals surface area (Å²) in [5, 5.41) is 2.94. The Morgan fingerprint density at radius 2 is 0.473 bits per heavy atom. The van der Waals surface area contributed by atoms with Gasteiger partial charge in [0.1, 0.15) is 0 Å². The molecule has 0 saturated heterocycles. The maximum absolute atomic E-state index is 2.46. The van der Waals surface area contributed by atoms with Crippen molar-refractivity contribution in [3.05, 3.63) is 273 Å². The minimum atomic E-state index is -1.47. The van der Waals surface area contributed by atoms with Crippen molar-refractivity contribution >= 4 is 84.9 Å². The molecule has 0 saturated carbocycles. The number of hydrogen-bond donors (Lipinski definition) is 0. The molecule has 0 radical (unpaired) electrons. The molecule has 0 aromatic heterocycles. The molecule has 0 fully saturated rings. The van der Waals surface area contributed by atoms with Crippen LogP contribution >= 0.6 is 0 Å². The van der Waals surface area contributed by atoms with Crippen molar-refractivity contribution in [1.29, 1.82) is 0 Å². The van der Waals surface area contributed by atoms with Gasteiger partial charge in [0.2, 0.25) is 0 Å². The second-order valence-corrected chi connectivity index (χ2v) is 42.2. The minimum absolute atomic E-state index is 0.0790. The fourth-order valence-corrected chi connectivity index (χ4v) is 17.0. The standard InChI is InChI=1S/C87H92N2Si2/c1-83(2,3)61-27-31-63(32-28-61)88(65-35-41-69(42-36-65)90(13,14)15)67-39-49-75-73-47-25-59(53-79(73)86(9,10)81(75)55-67)21-19-57-23-45-71-72-46-24-58(52-78(72)85(7,8)77(71)51-57)20-22-60-26-48-74-76-50-40-68(56-82(76)87(11,12)80(74)54-60)89(64-33-29-62(30-34-64)84(4,5)6)66-37-43-70(44-38-66)91(16,17)18/h19-56H,1-18H3/b21-19+,22-20+. The molecule has 0 heterocycles.